The summed E-state index contributed by atoms with van der Waals surface area (Å²) in [7, 11) is -3.25. The Hall–Kier alpha value is -1.41. The molecule has 0 aliphatic carbocycles. The van der Waals surface area contributed by atoms with Crippen molar-refractivity contribution >= 4 is 15.8 Å². The Morgan fingerprint density at radius 2 is 2.18 bits per heavy atom. The molecule has 0 aliphatic heterocycles. The number of nitrogens with zero attached hydrogens (tertiary/aromatic N) is 1. The van der Waals surface area contributed by atoms with Crippen molar-refractivity contribution in [3.8, 4) is 0 Å². The van der Waals surface area contributed by atoms with Gasteiger partial charge in [0, 0.05) is 19.2 Å². The lowest BCUT2D eigenvalue weighted by Crippen LogP contribution is -2.29. The monoisotopic (exact) mass is 260 g/mol. The van der Waals surface area contributed by atoms with Gasteiger partial charge in [0.1, 0.15) is 11.6 Å². The molecule has 7 nitrogen and oxygen atoms in total. The second-order valence-corrected chi connectivity index (χ2v) is 5.39. The normalized spacial score (nSPS) is 11.4. The summed E-state index contributed by atoms with van der Waals surface area (Å²) < 4.78 is 25.0. The Kier molecular flexibility index (Phi) is 4.64. The second-order valence-electron chi connectivity index (χ2n) is 3.46. The Labute approximate surface area is 99.7 Å². The molecular formula is C9H16N4O3S. The summed E-state index contributed by atoms with van der Waals surface area (Å²) in [6, 6.07) is 1.28. The van der Waals surface area contributed by atoms with Gasteiger partial charge in [-0.05, 0) is 6.92 Å². The average Bonchev–Trinajstić information content (AvgIpc) is 2.15. The van der Waals surface area contributed by atoms with Crippen molar-refractivity contribution in [1.82, 2.24) is 14.7 Å². The molecule has 0 atom stereocenters. The summed E-state index contributed by atoms with van der Waals surface area (Å²) in [6.45, 7) is 3.94. The minimum Gasteiger partial charge on any atom is -0.369 e. The topological polar surface area (TPSA) is 104 Å². The van der Waals surface area contributed by atoms with E-state index in [1.165, 1.54) is 6.07 Å². The second kappa shape index (κ2) is 5.78. The Bertz CT molecular complexity index is 523. The molecule has 0 bridgehead atoms. The number of hydrogen-bond acceptors (Lipinski definition) is 5. The molecule has 0 unspecified atom stereocenters. The molecule has 0 fully saturated rings. The quantitative estimate of drug-likeness (QED) is 0.635. The number of rotatable bonds is 6. The van der Waals surface area contributed by atoms with E-state index in [2.05, 4.69) is 20.0 Å². The molecular weight excluding hydrogens is 244 g/mol. The standard InChI is InChI=1S/C9H16N4O3S/c1-3-11-17(15,16)5-4-10-8-6-9(14)13-7(2)12-8/h6,11H,3-5H2,1-2H3,(H2,10,12,13,14). The summed E-state index contributed by atoms with van der Waals surface area (Å²) >= 11 is 0. The predicted octanol–water partition coefficient (Wildman–Crippen LogP) is -0.570. The third-order valence-electron chi connectivity index (χ3n) is 1.90. The Morgan fingerprint density at radius 3 is 2.76 bits per heavy atom. The SMILES string of the molecule is CCNS(=O)(=O)CCNc1cc(=O)[nH]c(C)n1. The fourth-order valence-electron chi connectivity index (χ4n) is 1.28. The minimum atomic E-state index is -3.25. The number of aromatic amines is 1. The molecule has 0 amide bonds. The van der Waals surface area contributed by atoms with Crippen molar-refractivity contribution in [3.05, 3.63) is 22.2 Å². The van der Waals surface area contributed by atoms with Crippen molar-refractivity contribution < 1.29 is 8.42 Å². The third kappa shape index (κ3) is 4.96. The van der Waals surface area contributed by atoms with E-state index in [-0.39, 0.29) is 17.9 Å². The van der Waals surface area contributed by atoms with Crippen molar-refractivity contribution in [3.63, 3.8) is 0 Å². The molecule has 1 aromatic rings. The predicted molar refractivity (Wildman–Crippen MR) is 65.5 cm³/mol. The van der Waals surface area contributed by atoms with E-state index in [0.29, 0.717) is 18.2 Å². The van der Waals surface area contributed by atoms with Gasteiger partial charge in [0.2, 0.25) is 10.0 Å². The molecule has 17 heavy (non-hydrogen) atoms. The van der Waals surface area contributed by atoms with Crippen LogP contribution in [-0.4, -0.2) is 37.2 Å². The van der Waals surface area contributed by atoms with Crippen LogP contribution in [0.15, 0.2) is 10.9 Å². The zero-order valence-electron chi connectivity index (χ0n) is 9.78. The lowest BCUT2D eigenvalue weighted by atomic mass is 10.5. The number of H-pyrrole nitrogens is 1. The highest BCUT2D eigenvalue weighted by molar-refractivity contribution is 7.89. The number of nitrogens with one attached hydrogen (secondary N) is 3. The number of aromatic nitrogens is 2. The first-order valence-corrected chi connectivity index (χ1v) is 6.87. The average molecular weight is 260 g/mol. The van der Waals surface area contributed by atoms with Crippen LogP contribution >= 0.6 is 0 Å². The van der Waals surface area contributed by atoms with Crippen LogP contribution in [-0.2, 0) is 10.0 Å². The molecule has 1 aromatic heterocycles. The van der Waals surface area contributed by atoms with Crippen LogP contribution in [0.2, 0.25) is 0 Å². The first-order valence-electron chi connectivity index (χ1n) is 5.22. The van der Waals surface area contributed by atoms with Crippen LogP contribution in [0, 0.1) is 6.92 Å². The number of hydrogen-bond donors (Lipinski definition) is 3. The molecule has 0 saturated carbocycles. The lowest BCUT2D eigenvalue weighted by molar-refractivity contribution is 0.584. The van der Waals surface area contributed by atoms with Gasteiger partial charge in [-0.3, -0.25) is 4.79 Å². The van der Waals surface area contributed by atoms with Crippen LogP contribution in [0.5, 0.6) is 0 Å². The first-order chi connectivity index (χ1) is 7.93. The third-order valence-corrected chi connectivity index (χ3v) is 3.37. The molecule has 3 N–H and O–H groups in total. The molecule has 1 heterocycles. The smallest absolute Gasteiger partial charge is 0.252 e. The largest absolute Gasteiger partial charge is 0.369 e. The molecule has 0 saturated heterocycles. The van der Waals surface area contributed by atoms with Crippen LogP contribution in [0.4, 0.5) is 5.82 Å². The maximum absolute atomic E-state index is 11.3. The van der Waals surface area contributed by atoms with Gasteiger partial charge < -0.3 is 10.3 Å². The highest BCUT2D eigenvalue weighted by Gasteiger charge is 2.07. The van der Waals surface area contributed by atoms with E-state index in [1.54, 1.807) is 13.8 Å². The number of sulfonamides is 1. The first kappa shape index (κ1) is 13.7. The van der Waals surface area contributed by atoms with Crippen molar-refractivity contribution in [2.75, 3.05) is 24.2 Å². The molecule has 0 aliphatic rings. The fraction of sp³-hybridized carbons (Fsp3) is 0.556. The van der Waals surface area contributed by atoms with Gasteiger partial charge >= 0.3 is 0 Å². The summed E-state index contributed by atoms with van der Waals surface area (Å²) in [5.74, 6) is 0.793. The van der Waals surface area contributed by atoms with Crippen molar-refractivity contribution in [2.24, 2.45) is 0 Å². The fourth-order valence-corrected chi connectivity index (χ4v) is 2.23. The minimum absolute atomic E-state index is 0.0611. The van der Waals surface area contributed by atoms with Crippen LogP contribution in [0.25, 0.3) is 0 Å². The van der Waals surface area contributed by atoms with Gasteiger partial charge in [-0.25, -0.2) is 18.1 Å². The zero-order valence-corrected chi connectivity index (χ0v) is 10.6. The highest BCUT2D eigenvalue weighted by Crippen LogP contribution is 1.97. The number of aryl methyl sites for hydroxylation is 1. The Balaban J connectivity index is 2.54. The maximum atomic E-state index is 11.3. The molecule has 8 heteroatoms. The molecule has 96 valence electrons. The van der Waals surface area contributed by atoms with Crippen molar-refractivity contribution in [2.45, 2.75) is 13.8 Å². The Morgan fingerprint density at radius 1 is 1.47 bits per heavy atom. The van der Waals surface area contributed by atoms with E-state index in [4.69, 9.17) is 0 Å². The van der Waals surface area contributed by atoms with Gasteiger partial charge in [0.15, 0.2) is 0 Å². The van der Waals surface area contributed by atoms with Crippen molar-refractivity contribution in [1.29, 1.82) is 0 Å². The summed E-state index contributed by atoms with van der Waals surface area (Å²) in [5.41, 5.74) is -0.269. The van der Waals surface area contributed by atoms with Gasteiger partial charge in [0.25, 0.3) is 5.56 Å². The summed E-state index contributed by atoms with van der Waals surface area (Å²) in [5, 5.41) is 2.79. The highest BCUT2D eigenvalue weighted by atomic mass is 32.2. The van der Waals surface area contributed by atoms with E-state index in [1.807, 2.05) is 0 Å². The van der Waals surface area contributed by atoms with E-state index in [9.17, 15) is 13.2 Å². The zero-order chi connectivity index (χ0) is 12.9. The van der Waals surface area contributed by atoms with Gasteiger partial charge in [-0.2, -0.15) is 0 Å². The van der Waals surface area contributed by atoms with Crippen LogP contribution < -0.4 is 15.6 Å². The molecule has 0 aromatic carbocycles. The molecule has 0 radical (unpaired) electrons. The van der Waals surface area contributed by atoms with Gasteiger partial charge in [0.05, 0.1) is 5.75 Å². The lowest BCUT2D eigenvalue weighted by Gasteiger charge is -2.06. The van der Waals surface area contributed by atoms with E-state index >= 15 is 0 Å². The van der Waals surface area contributed by atoms with E-state index in [0.717, 1.165) is 0 Å². The van der Waals surface area contributed by atoms with E-state index < -0.39 is 10.0 Å². The van der Waals surface area contributed by atoms with Crippen LogP contribution in [0.3, 0.4) is 0 Å². The van der Waals surface area contributed by atoms with Gasteiger partial charge in [-0.1, -0.05) is 6.92 Å². The van der Waals surface area contributed by atoms with Gasteiger partial charge in [-0.15, -0.1) is 0 Å². The van der Waals surface area contributed by atoms with Crippen LogP contribution in [0.1, 0.15) is 12.7 Å². The summed E-state index contributed by atoms with van der Waals surface area (Å²) in [4.78, 5) is 17.6. The maximum Gasteiger partial charge on any atom is 0.252 e. The molecule has 0 spiro atoms. The molecule has 1 rings (SSSR count). The summed E-state index contributed by atoms with van der Waals surface area (Å²) in [6.07, 6.45) is 0. The number of anilines is 1.